The number of carboxylic acid groups (broad SMARTS) is 1. The Morgan fingerprint density at radius 2 is 2.00 bits per heavy atom. The first kappa shape index (κ1) is 10.3. The standard InChI is InChI=1S/C7H10N2O5/c1-14-6(12)4-2-3(5(10)11)8-7(13)9-4/h3-4H,2H2,1H3,(H,10,11)(H2,8,9,13)/t3-,4-/m0/s1. The Labute approximate surface area is 79.4 Å². The maximum atomic E-state index is 11.0. The van der Waals surface area contributed by atoms with Crippen molar-refractivity contribution in [3.8, 4) is 0 Å². The number of rotatable bonds is 2. The third kappa shape index (κ3) is 2.12. The summed E-state index contributed by atoms with van der Waals surface area (Å²) in [5.41, 5.74) is 0. The van der Waals surface area contributed by atoms with E-state index in [9.17, 15) is 14.4 Å². The van der Waals surface area contributed by atoms with Crippen LogP contribution in [-0.4, -0.2) is 42.3 Å². The monoisotopic (exact) mass is 202 g/mol. The average Bonchev–Trinajstić information content (AvgIpc) is 2.15. The van der Waals surface area contributed by atoms with Gasteiger partial charge in [-0.2, -0.15) is 0 Å². The number of amides is 2. The highest BCUT2D eigenvalue weighted by atomic mass is 16.5. The molecule has 0 aromatic rings. The second-order valence-electron chi connectivity index (χ2n) is 2.82. The number of urea groups is 1. The molecule has 0 aromatic carbocycles. The van der Waals surface area contributed by atoms with E-state index in [1.165, 1.54) is 7.11 Å². The summed E-state index contributed by atoms with van der Waals surface area (Å²) in [6.45, 7) is 0. The fraction of sp³-hybridized carbons (Fsp3) is 0.571. The van der Waals surface area contributed by atoms with Gasteiger partial charge in [0.05, 0.1) is 7.11 Å². The number of methoxy groups -OCH3 is 1. The van der Waals surface area contributed by atoms with Gasteiger partial charge in [-0.05, 0) is 0 Å². The fourth-order valence-corrected chi connectivity index (χ4v) is 1.17. The number of carbonyl (C=O) groups excluding carboxylic acids is 2. The lowest BCUT2D eigenvalue weighted by Crippen LogP contribution is -2.59. The van der Waals surface area contributed by atoms with Crippen molar-refractivity contribution in [2.24, 2.45) is 0 Å². The predicted octanol–water partition coefficient (Wildman–Crippen LogP) is -1.32. The van der Waals surface area contributed by atoms with Crippen LogP contribution in [0, 0.1) is 0 Å². The third-order valence-corrected chi connectivity index (χ3v) is 1.87. The van der Waals surface area contributed by atoms with Crippen LogP contribution in [0.15, 0.2) is 0 Å². The van der Waals surface area contributed by atoms with E-state index >= 15 is 0 Å². The van der Waals surface area contributed by atoms with Crippen LogP contribution in [-0.2, 0) is 14.3 Å². The molecule has 0 spiro atoms. The van der Waals surface area contributed by atoms with Crippen LogP contribution in [0.3, 0.4) is 0 Å². The van der Waals surface area contributed by atoms with E-state index in [1.54, 1.807) is 0 Å². The van der Waals surface area contributed by atoms with E-state index in [4.69, 9.17) is 5.11 Å². The van der Waals surface area contributed by atoms with Gasteiger partial charge in [-0.15, -0.1) is 0 Å². The van der Waals surface area contributed by atoms with E-state index in [2.05, 4.69) is 15.4 Å². The van der Waals surface area contributed by atoms with E-state index in [-0.39, 0.29) is 6.42 Å². The molecule has 1 rings (SSSR count). The number of ether oxygens (including phenoxy) is 1. The summed E-state index contributed by atoms with van der Waals surface area (Å²) >= 11 is 0. The van der Waals surface area contributed by atoms with Crippen LogP contribution < -0.4 is 10.6 Å². The Morgan fingerprint density at radius 1 is 1.43 bits per heavy atom. The molecule has 1 aliphatic rings. The number of hydrogen-bond acceptors (Lipinski definition) is 4. The predicted molar refractivity (Wildman–Crippen MR) is 43.5 cm³/mol. The summed E-state index contributed by atoms with van der Waals surface area (Å²) in [5.74, 6) is -1.82. The van der Waals surface area contributed by atoms with E-state index in [1.807, 2.05) is 0 Å². The van der Waals surface area contributed by atoms with Gasteiger partial charge in [0.2, 0.25) is 0 Å². The fourth-order valence-electron chi connectivity index (χ4n) is 1.17. The Kier molecular flexibility index (Phi) is 2.90. The van der Waals surface area contributed by atoms with Gasteiger partial charge in [-0.25, -0.2) is 14.4 Å². The summed E-state index contributed by atoms with van der Waals surface area (Å²) in [5, 5.41) is 13.1. The Balaban J connectivity index is 2.67. The Hall–Kier alpha value is -1.79. The first-order valence-corrected chi connectivity index (χ1v) is 3.92. The van der Waals surface area contributed by atoms with Crippen molar-refractivity contribution in [2.45, 2.75) is 18.5 Å². The minimum atomic E-state index is -1.17. The molecule has 2 amide bonds. The maximum absolute atomic E-state index is 11.0. The second-order valence-corrected chi connectivity index (χ2v) is 2.82. The molecule has 0 radical (unpaired) electrons. The molecule has 0 saturated carbocycles. The quantitative estimate of drug-likeness (QED) is 0.482. The second kappa shape index (κ2) is 3.95. The van der Waals surface area contributed by atoms with Gasteiger partial charge in [0.15, 0.2) is 0 Å². The molecular formula is C7H10N2O5. The summed E-state index contributed by atoms with van der Waals surface area (Å²) in [4.78, 5) is 32.5. The zero-order valence-electron chi connectivity index (χ0n) is 7.44. The van der Waals surface area contributed by atoms with Gasteiger partial charge in [0.1, 0.15) is 12.1 Å². The number of esters is 1. The van der Waals surface area contributed by atoms with E-state index in [0.717, 1.165) is 0 Å². The summed E-state index contributed by atoms with van der Waals surface area (Å²) in [6, 6.07) is -2.62. The van der Waals surface area contributed by atoms with Crippen molar-refractivity contribution in [3.63, 3.8) is 0 Å². The lowest BCUT2D eigenvalue weighted by Gasteiger charge is -2.26. The summed E-state index contributed by atoms with van der Waals surface area (Å²) < 4.78 is 4.39. The van der Waals surface area contributed by atoms with Gasteiger partial charge in [0, 0.05) is 6.42 Å². The first-order valence-electron chi connectivity index (χ1n) is 3.92. The molecule has 0 aromatic heterocycles. The molecule has 0 unspecified atom stereocenters. The van der Waals surface area contributed by atoms with Crippen molar-refractivity contribution in [2.75, 3.05) is 7.11 Å². The minimum Gasteiger partial charge on any atom is -0.480 e. The van der Waals surface area contributed by atoms with Crippen LogP contribution in [0.25, 0.3) is 0 Å². The molecule has 3 N–H and O–H groups in total. The van der Waals surface area contributed by atoms with Gasteiger partial charge in [0.25, 0.3) is 0 Å². The van der Waals surface area contributed by atoms with Crippen molar-refractivity contribution in [1.29, 1.82) is 0 Å². The smallest absolute Gasteiger partial charge is 0.328 e. The molecule has 78 valence electrons. The van der Waals surface area contributed by atoms with Crippen LogP contribution in [0.1, 0.15) is 6.42 Å². The highest BCUT2D eigenvalue weighted by molar-refractivity contribution is 5.89. The first-order chi connectivity index (χ1) is 6.54. The normalized spacial score (nSPS) is 25.9. The SMILES string of the molecule is COC(=O)[C@@H]1C[C@@H](C(=O)O)NC(=O)N1. The van der Waals surface area contributed by atoms with Crippen LogP contribution >= 0.6 is 0 Å². The molecule has 0 aliphatic carbocycles. The number of carboxylic acids is 1. The maximum Gasteiger partial charge on any atom is 0.328 e. The van der Waals surface area contributed by atoms with Crippen molar-refractivity contribution in [3.05, 3.63) is 0 Å². The van der Waals surface area contributed by atoms with Crippen LogP contribution in [0.4, 0.5) is 4.79 Å². The molecule has 1 aliphatic heterocycles. The van der Waals surface area contributed by atoms with Crippen LogP contribution in [0.5, 0.6) is 0 Å². The number of aliphatic carboxylic acids is 1. The largest absolute Gasteiger partial charge is 0.480 e. The van der Waals surface area contributed by atoms with Gasteiger partial charge < -0.3 is 20.5 Å². The zero-order chi connectivity index (χ0) is 10.7. The lowest BCUT2D eigenvalue weighted by molar-refractivity contribution is -0.145. The van der Waals surface area contributed by atoms with Crippen molar-refractivity contribution in [1.82, 2.24) is 10.6 Å². The highest BCUT2D eigenvalue weighted by Gasteiger charge is 2.34. The Bertz CT molecular complexity index is 277. The number of hydrogen-bond donors (Lipinski definition) is 3. The van der Waals surface area contributed by atoms with Crippen molar-refractivity contribution < 1.29 is 24.2 Å². The van der Waals surface area contributed by atoms with Crippen molar-refractivity contribution >= 4 is 18.0 Å². The van der Waals surface area contributed by atoms with E-state index < -0.39 is 30.1 Å². The number of carbonyl (C=O) groups is 3. The van der Waals surface area contributed by atoms with Gasteiger partial charge >= 0.3 is 18.0 Å². The molecule has 7 nitrogen and oxygen atoms in total. The minimum absolute atomic E-state index is 0.0201. The highest BCUT2D eigenvalue weighted by Crippen LogP contribution is 2.05. The van der Waals surface area contributed by atoms with E-state index in [0.29, 0.717) is 0 Å². The topological polar surface area (TPSA) is 105 Å². The zero-order valence-corrected chi connectivity index (χ0v) is 7.44. The molecule has 2 atom stereocenters. The van der Waals surface area contributed by atoms with Gasteiger partial charge in [-0.3, -0.25) is 0 Å². The average molecular weight is 202 g/mol. The molecule has 0 bridgehead atoms. The van der Waals surface area contributed by atoms with Crippen LogP contribution in [0.2, 0.25) is 0 Å². The molecule has 1 saturated heterocycles. The molecule has 1 fully saturated rings. The van der Waals surface area contributed by atoms with Gasteiger partial charge in [-0.1, -0.05) is 0 Å². The Morgan fingerprint density at radius 3 is 2.50 bits per heavy atom. The molecule has 7 heteroatoms. The third-order valence-electron chi connectivity index (χ3n) is 1.87. The summed E-state index contributed by atoms with van der Waals surface area (Å²) in [6.07, 6.45) is -0.0201. The summed E-state index contributed by atoms with van der Waals surface area (Å²) in [7, 11) is 1.17. The number of nitrogens with one attached hydrogen (secondary N) is 2. The lowest BCUT2D eigenvalue weighted by atomic mass is 10.1. The molecule has 1 heterocycles. The molecule has 14 heavy (non-hydrogen) atoms. The molecular weight excluding hydrogens is 192 g/mol.